The Labute approximate surface area is 107 Å². The molecule has 18 heavy (non-hydrogen) atoms. The predicted octanol–water partition coefficient (Wildman–Crippen LogP) is 2.08. The van der Waals surface area contributed by atoms with Gasteiger partial charge < -0.3 is 10.4 Å². The lowest BCUT2D eigenvalue weighted by Crippen LogP contribution is -2.29. The summed E-state index contributed by atoms with van der Waals surface area (Å²) in [7, 11) is 0. The van der Waals surface area contributed by atoms with Gasteiger partial charge in [-0.05, 0) is 25.8 Å². The summed E-state index contributed by atoms with van der Waals surface area (Å²) in [6.07, 6.45) is 0.320. The van der Waals surface area contributed by atoms with Crippen molar-refractivity contribution in [2.75, 3.05) is 6.54 Å². The number of carboxylic acid groups (broad SMARTS) is 1. The zero-order valence-electron chi connectivity index (χ0n) is 10.8. The van der Waals surface area contributed by atoms with Gasteiger partial charge in [-0.3, -0.25) is 9.59 Å². The van der Waals surface area contributed by atoms with E-state index in [0.29, 0.717) is 13.0 Å². The first-order valence-electron chi connectivity index (χ1n) is 6.10. The topological polar surface area (TPSA) is 66.4 Å². The molecule has 2 N–H and O–H groups in total. The average molecular weight is 249 g/mol. The number of aliphatic carboxylic acids is 1. The molecule has 0 aromatic heterocycles. The first kappa shape index (κ1) is 14.2. The number of hydrogen-bond donors (Lipinski definition) is 2. The molecule has 1 atom stereocenters. The maximum atomic E-state index is 12.0. The SMILES string of the molecule is CCNC(=O)C(CCC(=O)O)c1cccc(C)c1. The van der Waals surface area contributed by atoms with E-state index in [2.05, 4.69) is 5.32 Å². The van der Waals surface area contributed by atoms with E-state index in [0.717, 1.165) is 11.1 Å². The summed E-state index contributed by atoms with van der Waals surface area (Å²) in [5, 5.41) is 11.5. The molecule has 0 radical (unpaired) electrons. The van der Waals surface area contributed by atoms with Crippen molar-refractivity contribution in [2.45, 2.75) is 32.6 Å². The third-order valence-electron chi connectivity index (χ3n) is 2.76. The van der Waals surface area contributed by atoms with E-state index in [1.165, 1.54) is 0 Å². The molecule has 1 amide bonds. The first-order chi connectivity index (χ1) is 8.54. The summed E-state index contributed by atoms with van der Waals surface area (Å²) in [5.41, 5.74) is 1.94. The molecule has 1 aromatic rings. The largest absolute Gasteiger partial charge is 0.481 e. The molecule has 0 saturated carbocycles. The van der Waals surface area contributed by atoms with Crippen LogP contribution in [0.5, 0.6) is 0 Å². The Morgan fingerprint density at radius 2 is 2.11 bits per heavy atom. The molecular formula is C14H19NO3. The van der Waals surface area contributed by atoms with Crippen molar-refractivity contribution in [1.29, 1.82) is 0 Å². The number of aryl methyl sites for hydroxylation is 1. The fraction of sp³-hybridized carbons (Fsp3) is 0.429. The molecule has 1 unspecified atom stereocenters. The highest BCUT2D eigenvalue weighted by molar-refractivity contribution is 5.84. The summed E-state index contributed by atoms with van der Waals surface area (Å²) < 4.78 is 0. The van der Waals surface area contributed by atoms with Crippen molar-refractivity contribution in [3.05, 3.63) is 35.4 Å². The minimum atomic E-state index is -0.878. The van der Waals surface area contributed by atoms with Gasteiger partial charge in [-0.25, -0.2) is 0 Å². The van der Waals surface area contributed by atoms with Crippen LogP contribution < -0.4 is 5.32 Å². The molecular weight excluding hydrogens is 230 g/mol. The second kappa shape index (κ2) is 6.79. The van der Waals surface area contributed by atoms with Gasteiger partial charge >= 0.3 is 5.97 Å². The fourth-order valence-electron chi connectivity index (χ4n) is 1.90. The normalized spacial score (nSPS) is 11.9. The molecule has 1 aromatic carbocycles. The van der Waals surface area contributed by atoms with E-state index in [4.69, 9.17) is 5.11 Å². The van der Waals surface area contributed by atoms with Gasteiger partial charge in [-0.15, -0.1) is 0 Å². The number of carbonyl (C=O) groups is 2. The van der Waals surface area contributed by atoms with Gasteiger partial charge in [0.1, 0.15) is 0 Å². The molecule has 0 aliphatic rings. The van der Waals surface area contributed by atoms with Crippen molar-refractivity contribution in [3.8, 4) is 0 Å². The van der Waals surface area contributed by atoms with E-state index in [9.17, 15) is 9.59 Å². The summed E-state index contributed by atoms with van der Waals surface area (Å²) in [5.74, 6) is -1.37. The van der Waals surface area contributed by atoms with Crippen LogP contribution >= 0.6 is 0 Å². The van der Waals surface area contributed by atoms with Crippen LogP contribution in [-0.4, -0.2) is 23.5 Å². The van der Waals surface area contributed by atoms with Crippen molar-refractivity contribution >= 4 is 11.9 Å². The van der Waals surface area contributed by atoms with Crippen LogP contribution in [0.2, 0.25) is 0 Å². The summed E-state index contributed by atoms with van der Waals surface area (Å²) in [6, 6.07) is 7.64. The number of amides is 1. The van der Waals surface area contributed by atoms with E-state index < -0.39 is 5.97 Å². The van der Waals surface area contributed by atoms with Gasteiger partial charge in [0.15, 0.2) is 0 Å². The van der Waals surface area contributed by atoms with E-state index >= 15 is 0 Å². The minimum absolute atomic E-state index is 0.00422. The Bertz CT molecular complexity index is 429. The Hall–Kier alpha value is -1.84. The van der Waals surface area contributed by atoms with Crippen molar-refractivity contribution in [3.63, 3.8) is 0 Å². The number of rotatable bonds is 6. The van der Waals surface area contributed by atoms with Gasteiger partial charge in [-0.2, -0.15) is 0 Å². The van der Waals surface area contributed by atoms with Crippen LogP contribution in [0.1, 0.15) is 36.8 Å². The lowest BCUT2D eigenvalue weighted by molar-refractivity contribution is -0.137. The van der Waals surface area contributed by atoms with Crippen LogP contribution in [0.4, 0.5) is 0 Å². The Morgan fingerprint density at radius 3 is 2.67 bits per heavy atom. The summed E-state index contributed by atoms with van der Waals surface area (Å²) >= 11 is 0. The molecule has 0 aliphatic carbocycles. The highest BCUT2D eigenvalue weighted by Gasteiger charge is 2.20. The van der Waals surface area contributed by atoms with E-state index in [1.807, 2.05) is 38.1 Å². The Kier molecular flexibility index (Phi) is 5.36. The monoisotopic (exact) mass is 249 g/mol. The third-order valence-corrected chi connectivity index (χ3v) is 2.76. The molecule has 0 spiro atoms. The van der Waals surface area contributed by atoms with Crippen molar-refractivity contribution < 1.29 is 14.7 Å². The zero-order chi connectivity index (χ0) is 13.5. The number of likely N-dealkylation sites (N-methyl/N-ethyl adjacent to an activating group) is 1. The van der Waals surface area contributed by atoms with E-state index in [-0.39, 0.29) is 18.2 Å². The maximum absolute atomic E-state index is 12.0. The highest BCUT2D eigenvalue weighted by atomic mass is 16.4. The lowest BCUT2D eigenvalue weighted by atomic mass is 9.92. The molecule has 0 bridgehead atoms. The van der Waals surface area contributed by atoms with Crippen LogP contribution in [-0.2, 0) is 9.59 Å². The van der Waals surface area contributed by atoms with Crippen LogP contribution in [0.15, 0.2) is 24.3 Å². The number of nitrogens with one attached hydrogen (secondary N) is 1. The average Bonchev–Trinajstić information content (AvgIpc) is 2.29. The number of benzene rings is 1. The zero-order valence-corrected chi connectivity index (χ0v) is 10.8. The maximum Gasteiger partial charge on any atom is 0.303 e. The Balaban J connectivity index is 2.88. The van der Waals surface area contributed by atoms with Crippen LogP contribution in [0.3, 0.4) is 0 Å². The van der Waals surface area contributed by atoms with Gasteiger partial charge in [0.2, 0.25) is 5.91 Å². The minimum Gasteiger partial charge on any atom is -0.481 e. The first-order valence-corrected chi connectivity index (χ1v) is 6.10. The molecule has 0 fully saturated rings. The fourth-order valence-corrected chi connectivity index (χ4v) is 1.90. The second-order valence-electron chi connectivity index (χ2n) is 4.29. The van der Waals surface area contributed by atoms with Crippen molar-refractivity contribution in [2.24, 2.45) is 0 Å². The molecule has 1 rings (SSSR count). The number of hydrogen-bond acceptors (Lipinski definition) is 2. The van der Waals surface area contributed by atoms with Gasteiger partial charge in [-0.1, -0.05) is 29.8 Å². The second-order valence-corrected chi connectivity index (χ2v) is 4.29. The van der Waals surface area contributed by atoms with E-state index in [1.54, 1.807) is 0 Å². The molecule has 98 valence electrons. The molecule has 4 heteroatoms. The quantitative estimate of drug-likeness (QED) is 0.811. The predicted molar refractivity (Wildman–Crippen MR) is 69.5 cm³/mol. The molecule has 0 aliphatic heterocycles. The van der Waals surface area contributed by atoms with Crippen LogP contribution in [0.25, 0.3) is 0 Å². The van der Waals surface area contributed by atoms with Gasteiger partial charge in [0, 0.05) is 13.0 Å². The number of carbonyl (C=O) groups excluding carboxylic acids is 1. The summed E-state index contributed by atoms with van der Waals surface area (Å²) in [4.78, 5) is 22.6. The van der Waals surface area contributed by atoms with Gasteiger partial charge in [0.25, 0.3) is 0 Å². The molecule has 0 heterocycles. The Morgan fingerprint density at radius 1 is 1.39 bits per heavy atom. The van der Waals surface area contributed by atoms with Crippen LogP contribution in [0, 0.1) is 6.92 Å². The highest BCUT2D eigenvalue weighted by Crippen LogP contribution is 2.22. The molecule has 4 nitrogen and oxygen atoms in total. The van der Waals surface area contributed by atoms with Gasteiger partial charge in [0.05, 0.1) is 5.92 Å². The third kappa shape index (κ3) is 4.20. The van der Waals surface area contributed by atoms with Crippen molar-refractivity contribution in [1.82, 2.24) is 5.32 Å². The lowest BCUT2D eigenvalue weighted by Gasteiger charge is -2.16. The molecule has 0 saturated heterocycles. The number of carboxylic acids is 1. The smallest absolute Gasteiger partial charge is 0.303 e. The standard InChI is InChI=1S/C14H19NO3/c1-3-15-14(18)12(7-8-13(16)17)11-6-4-5-10(2)9-11/h4-6,9,12H,3,7-8H2,1-2H3,(H,15,18)(H,16,17). The summed E-state index contributed by atoms with van der Waals surface area (Å²) in [6.45, 7) is 4.35.